The molecular formula is C8H16N2O2Si. The van der Waals surface area contributed by atoms with E-state index in [2.05, 4.69) is 0 Å². The molecule has 1 aliphatic heterocycles. The molecular weight excluding hydrogens is 184 g/mol. The Morgan fingerprint density at radius 1 is 1.23 bits per heavy atom. The molecule has 0 saturated carbocycles. The van der Waals surface area contributed by atoms with Gasteiger partial charge in [-0.15, -0.1) is 0 Å². The monoisotopic (exact) mass is 200 g/mol. The number of rotatable bonds is 1. The lowest BCUT2D eigenvalue weighted by molar-refractivity contribution is -0.125. The van der Waals surface area contributed by atoms with E-state index in [0.717, 1.165) is 0 Å². The summed E-state index contributed by atoms with van der Waals surface area (Å²) in [7, 11) is -0.170. The van der Waals surface area contributed by atoms with Gasteiger partial charge in [0.05, 0.1) is 0 Å². The summed E-state index contributed by atoms with van der Waals surface area (Å²) in [5, 5.41) is 0. The van der Waals surface area contributed by atoms with E-state index in [9.17, 15) is 9.59 Å². The third-order valence-corrected chi connectivity index (χ3v) is 4.08. The van der Waals surface area contributed by atoms with E-state index < -0.39 is 8.24 Å². The predicted molar refractivity (Wildman–Crippen MR) is 52.8 cm³/mol. The zero-order valence-corrected chi connectivity index (χ0v) is 9.79. The van der Waals surface area contributed by atoms with E-state index in [-0.39, 0.29) is 18.0 Å². The second-order valence-corrected chi connectivity index (χ2v) is 9.20. The number of hydrogen-bond donors (Lipinski definition) is 0. The van der Waals surface area contributed by atoms with Crippen molar-refractivity contribution in [3.63, 3.8) is 0 Å². The molecule has 0 aromatic carbocycles. The number of urea groups is 1. The first-order valence-electron chi connectivity index (χ1n) is 4.37. The molecule has 0 N–H and O–H groups in total. The van der Waals surface area contributed by atoms with Gasteiger partial charge in [-0.2, -0.15) is 0 Å². The Bertz CT molecular complexity index is 239. The van der Waals surface area contributed by atoms with E-state index in [1.165, 1.54) is 9.47 Å². The Hall–Kier alpha value is -0.843. The van der Waals surface area contributed by atoms with Gasteiger partial charge in [0.25, 0.3) is 0 Å². The van der Waals surface area contributed by atoms with Crippen molar-refractivity contribution < 1.29 is 9.59 Å². The lowest BCUT2D eigenvalue weighted by Crippen LogP contribution is -2.50. The third-order valence-electron chi connectivity index (χ3n) is 2.32. The van der Waals surface area contributed by atoms with Crippen molar-refractivity contribution in [1.29, 1.82) is 0 Å². The fraction of sp³-hybridized carbons (Fsp3) is 0.750. The molecule has 1 rings (SSSR count). The van der Waals surface area contributed by atoms with Crippen LogP contribution in [0.25, 0.3) is 0 Å². The van der Waals surface area contributed by atoms with Crippen LogP contribution < -0.4 is 0 Å². The lowest BCUT2D eigenvalue weighted by atomic mass is 10.3. The van der Waals surface area contributed by atoms with Crippen molar-refractivity contribution in [3.8, 4) is 0 Å². The maximum Gasteiger partial charge on any atom is 0.319 e. The molecule has 0 aromatic heterocycles. The zero-order valence-electron chi connectivity index (χ0n) is 8.79. The first-order valence-corrected chi connectivity index (χ1v) is 7.82. The van der Waals surface area contributed by atoms with Crippen molar-refractivity contribution >= 4 is 20.2 Å². The van der Waals surface area contributed by atoms with Crippen molar-refractivity contribution in [2.45, 2.75) is 32.6 Å². The van der Waals surface area contributed by atoms with Gasteiger partial charge in [-0.25, -0.2) is 4.79 Å². The van der Waals surface area contributed by atoms with Crippen LogP contribution in [0.15, 0.2) is 0 Å². The molecule has 1 aliphatic rings. The minimum atomic E-state index is -1.84. The van der Waals surface area contributed by atoms with E-state index >= 15 is 0 Å². The molecule has 13 heavy (non-hydrogen) atoms. The van der Waals surface area contributed by atoms with Gasteiger partial charge in [0.2, 0.25) is 5.91 Å². The number of nitrogens with zero attached hydrogens (tertiary/aromatic N) is 2. The summed E-state index contributed by atoms with van der Waals surface area (Å²) in [6.45, 7) is 7.75. The highest BCUT2D eigenvalue weighted by molar-refractivity contribution is 6.78. The van der Waals surface area contributed by atoms with Crippen molar-refractivity contribution in [1.82, 2.24) is 9.47 Å². The highest BCUT2D eigenvalue weighted by Gasteiger charge is 2.46. The number of carbonyl (C=O) groups is 2. The van der Waals surface area contributed by atoms with Crippen LogP contribution in [0, 0.1) is 0 Å². The zero-order chi connectivity index (χ0) is 10.4. The van der Waals surface area contributed by atoms with Crippen molar-refractivity contribution in [3.05, 3.63) is 0 Å². The highest BCUT2D eigenvalue weighted by atomic mass is 28.3. The Morgan fingerprint density at radius 2 is 1.69 bits per heavy atom. The smallest absolute Gasteiger partial charge is 0.316 e. The van der Waals surface area contributed by atoms with Crippen LogP contribution in [-0.2, 0) is 4.79 Å². The molecule has 0 spiro atoms. The minimum absolute atomic E-state index is 0.0494. The van der Waals surface area contributed by atoms with Crippen LogP contribution in [0.5, 0.6) is 0 Å². The predicted octanol–water partition coefficient (Wildman–Crippen LogP) is 1.10. The Balaban J connectivity index is 3.02. The molecule has 1 saturated heterocycles. The van der Waals surface area contributed by atoms with Crippen molar-refractivity contribution in [2.75, 3.05) is 7.05 Å². The Kier molecular flexibility index (Phi) is 2.23. The highest BCUT2D eigenvalue weighted by Crippen LogP contribution is 2.21. The molecule has 1 heterocycles. The Morgan fingerprint density at radius 3 is 1.85 bits per heavy atom. The van der Waals surface area contributed by atoms with Crippen LogP contribution in [-0.4, -0.2) is 42.7 Å². The first kappa shape index (κ1) is 10.2. The molecule has 0 bridgehead atoms. The molecule has 0 aromatic rings. The van der Waals surface area contributed by atoms with Gasteiger partial charge in [0.15, 0.2) is 8.24 Å². The van der Waals surface area contributed by atoms with Gasteiger partial charge < -0.3 is 4.90 Å². The van der Waals surface area contributed by atoms with Gasteiger partial charge >= 0.3 is 6.03 Å². The van der Waals surface area contributed by atoms with Gasteiger partial charge in [-0.3, -0.25) is 9.36 Å². The van der Waals surface area contributed by atoms with Gasteiger partial charge in [0, 0.05) is 7.05 Å². The summed E-state index contributed by atoms with van der Waals surface area (Å²) in [5.41, 5.74) is 0. The molecule has 1 unspecified atom stereocenters. The number of amides is 3. The molecule has 1 fully saturated rings. The van der Waals surface area contributed by atoms with Crippen molar-refractivity contribution in [2.24, 2.45) is 0 Å². The minimum Gasteiger partial charge on any atom is -0.316 e. The normalized spacial score (nSPS) is 24.5. The van der Waals surface area contributed by atoms with Crippen LogP contribution >= 0.6 is 0 Å². The van der Waals surface area contributed by atoms with Gasteiger partial charge in [-0.1, -0.05) is 19.6 Å². The first-order chi connectivity index (χ1) is 5.76. The van der Waals surface area contributed by atoms with E-state index in [1.54, 1.807) is 14.0 Å². The van der Waals surface area contributed by atoms with Crippen LogP contribution in [0.2, 0.25) is 19.6 Å². The molecule has 1 atom stereocenters. The summed E-state index contributed by atoms with van der Waals surface area (Å²) < 4.78 is 1.46. The summed E-state index contributed by atoms with van der Waals surface area (Å²) in [5.74, 6) is -0.0494. The van der Waals surface area contributed by atoms with Crippen LogP contribution in [0.1, 0.15) is 6.92 Å². The van der Waals surface area contributed by atoms with Gasteiger partial charge in [-0.05, 0) is 6.92 Å². The molecule has 0 aliphatic carbocycles. The lowest BCUT2D eigenvalue weighted by Gasteiger charge is -2.26. The largest absolute Gasteiger partial charge is 0.319 e. The summed E-state index contributed by atoms with van der Waals surface area (Å²) in [4.78, 5) is 24.8. The second-order valence-electron chi connectivity index (χ2n) is 4.41. The van der Waals surface area contributed by atoms with E-state index in [0.29, 0.717) is 0 Å². The molecule has 4 nitrogen and oxygen atoms in total. The fourth-order valence-corrected chi connectivity index (χ4v) is 2.97. The second kappa shape index (κ2) is 2.83. The van der Waals surface area contributed by atoms with Crippen LogP contribution in [0.4, 0.5) is 4.79 Å². The average molecular weight is 200 g/mol. The SMILES string of the molecule is CC1C(=O)N([Si](C)(C)C)C(=O)N1C. The summed E-state index contributed by atoms with van der Waals surface area (Å²) >= 11 is 0. The molecule has 3 amide bonds. The maximum absolute atomic E-state index is 11.7. The average Bonchev–Trinajstić information content (AvgIpc) is 2.14. The topological polar surface area (TPSA) is 40.6 Å². The number of hydrogen-bond acceptors (Lipinski definition) is 2. The molecule has 74 valence electrons. The van der Waals surface area contributed by atoms with E-state index in [4.69, 9.17) is 0 Å². The fourth-order valence-electron chi connectivity index (χ4n) is 1.39. The summed E-state index contributed by atoms with van der Waals surface area (Å²) in [6.07, 6.45) is 0. The Labute approximate surface area is 79.6 Å². The number of likely N-dealkylation sites (N-methyl/N-ethyl adjacent to an activating group) is 1. The van der Waals surface area contributed by atoms with Crippen LogP contribution in [0.3, 0.4) is 0 Å². The maximum atomic E-state index is 11.7. The standard InChI is InChI=1S/C8H16N2O2Si/c1-6-7(11)10(13(3,4)5)8(12)9(6)2/h6H,1-5H3. The van der Waals surface area contributed by atoms with Gasteiger partial charge in [0.1, 0.15) is 6.04 Å². The molecule has 0 radical (unpaired) electrons. The third kappa shape index (κ3) is 1.48. The van der Waals surface area contributed by atoms with E-state index in [1.807, 2.05) is 19.6 Å². The number of imide groups is 1. The molecule has 5 heteroatoms. The summed E-state index contributed by atoms with van der Waals surface area (Å²) in [6, 6.07) is -0.434. The quantitative estimate of drug-likeness (QED) is 0.470. The number of carbonyl (C=O) groups excluding carboxylic acids is 2.